The number of carbonyl (C=O) groups is 1. The molecule has 118 valence electrons. The normalized spacial score (nSPS) is 17.6. The number of benzene rings is 1. The van der Waals surface area contributed by atoms with Gasteiger partial charge in [0, 0.05) is 5.70 Å². The SMILES string of the molecule is CCOC(=O)C1=C(C)NC(=S)N[C@@H]1c1ccc(OCC)cc1. The molecule has 5 nitrogen and oxygen atoms in total. The van der Waals surface area contributed by atoms with Gasteiger partial charge in [0.05, 0.1) is 24.8 Å². The Morgan fingerprint density at radius 1 is 1.23 bits per heavy atom. The first-order valence-electron chi connectivity index (χ1n) is 7.25. The lowest BCUT2D eigenvalue weighted by Crippen LogP contribution is -2.45. The van der Waals surface area contributed by atoms with Gasteiger partial charge in [-0.3, -0.25) is 0 Å². The zero-order valence-corrected chi connectivity index (χ0v) is 13.8. The second-order valence-corrected chi connectivity index (χ2v) is 5.20. The summed E-state index contributed by atoms with van der Waals surface area (Å²) in [5.74, 6) is 0.447. The standard InChI is InChI=1S/C16H20N2O3S/c1-4-20-12-8-6-11(7-9-12)14-13(15(19)21-5-2)10(3)17-16(22)18-14/h6-9,14H,4-5H2,1-3H3,(H2,17,18,22)/t14-/m1/s1. The number of carbonyl (C=O) groups excluding carboxylic acids is 1. The molecule has 0 bridgehead atoms. The highest BCUT2D eigenvalue weighted by Gasteiger charge is 2.30. The molecule has 0 aromatic heterocycles. The summed E-state index contributed by atoms with van der Waals surface area (Å²) in [7, 11) is 0. The van der Waals surface area contributed by atoms with E-state index in [4.69, 9.17) is 21.7 Å². The molecule has 0 spiro atoms. The summed E-state index contributed by atoms with van der Waals surface area (Å²) in [6, 6.07) is 7.27. The zero-order valence-electron chi connectivity index (χ0n) is 12.9. The summed E-state index contributed by atoms with van der Waals surface area (Å²) >= 11 is 5.20. The Kier molecular flexibility index (Phi) is 5.38. The van der Waals surface area contributed by atoms with Gasteiger partial charge in [-0.05, 0) is 50.7 Å². The number of thiocarbonyl (C=S) groups is 1. The van der Waals surface area contributed by atoms with Crippen LogP contribution in [0.4, 0.5) is 0 Å². The van der Waals surface area contributed by atoms with Gasteiger partial charge in [-0.25, -0.2) is 4.79 Å². The van der Waals surface area contributed by atoms with Crippen molar-refractivity contribution >= 4 is 23.3 Å². The van der Waals surface area contributed by atoms with Crippen LogP contribution in [0.1, 0.15) is 32.4 Å². The molecule has 0 amide bonds. The summed E-state index contributed by atoms with van der Waals surface area (Å²) in [4.78, 5) is 12.2. The van der Waals surface area contributed by atoms with E-state index in [1.54, 1.807) is 6.92 Å². The molecule has 0 unspecified atom stereocenters. The number of ether oxygens (including phenoxy) is 2. The Morgan fingerprint density at radius 2 is 1.91 bits per heavy atom. The van der Waals surface area contributed by atoms with Crippen molar-refractivity contribution in [3.05, 3.63) is 41.1 Å². The smallest absolute Gasteiger partial charge is 0.338 e. The third kappa shape index (κ3) is 3.57. The largest absolute Gasteiger partial charge is 0.494 e. The maximum Gasteiger partial charge on any atom is 0.338 e. The highest BCUT2D eigenvalue weighted by Crippen LogP contribution is 2.28. The average Bonchev–Trinajstić information content (AvgIpc) is 2.47. The minimum Gasteiger partial charge on any atom is -0.494 e. The van der Waals surface area contributed by atoms with Crippen molar-refractivity contribution < 1.29 is 14.3 Å². The second-order valence-electron chi connectivity index (χ2n) is 4.79. The lowest BCUT2D eigenvalue weighted by molar-refractivity contribution is -0.139. The third-order valence-corrected chi connectivity index (χ3v) is 3.51. The summed E-state index contributed by atoms with van der Waals surface area (Å²) in [6.07, 6.45) is 0. The first-order chi connectivity index (χ1) is 10.6. The van der Waals surface area contributed by atoms with Crippen LogP contribution in [-0.2, 0) is 9.53 Å². The number of allylic oxidation sites excluding steroid dienone is 1. The van der Waals surface area contributed by atoms with Crippen molar-refractivity contribution in [2.45, 2.75) is 26.8 Å². The summed E-state index contributed by atoms with van der Waals surface area (Å²) in [6.45, 7) is 6.48. The van der Waals surface area contributed by atoms with Crippen LogP contribution < -0.4 is 15.4 Å². The van der Waals surface area contributed by atoms with Crippen LogP contribution >= 0.6 is 12.2 Å². The number of hydrogen-bond donors (Lipinski definition) is 2. The molecular weight excluding hydrogens is 300 g/mol. The summed E-state index contributed by atoms with van der Waals surface area (Å²) < 4.78 is 10.6. The Morgan fingerprint density at radius 3 is 2.50 bits per heavy atom. The van der Waals surface area contributed by atoms with E-state index >= 15 is 0 Å². The fourth-order valence-electron chi connectivity index (χ4n) is 2.35. The summed E-state index contributed by atoms with van der Waals surface area (Å²) in [5, 5.41) is 6.59. The minimum atomic E-state index is -0.346. The maximum absolute atomic E-state index is 12.2. The van der Waals surface area contributed by atoms with E-state index in [-0.39, 0.29) is 12.0 Å². The van der Waals surface area contributed by atoms with Crippen molar-refractivity contribution in [1.29, 1.82) is 0 Å². The average molecular weight is 320 g/mol. The molecular formula is C16H20N2O3S. The van der Waals surface area contributed by atoms with Gasteiger partial charge < -0.3 is 20.1 Å². The Labute approximate surface area is 135 Å². The van der Waals surface area contributed by atoms with Crippen LogP contribution in [0.25, 0.3) is 0 Å². The monoisotopic (exact) mass is 320 g/mol. The van der Waals surface area contributed by atoms with E-state index < -0.39 is 0 Å². The molecule has 6 heteroatoms. The number of nitrogens with one attached hydrogen (secondary N) is 2. The van der Waals surface area contributed by atoms with Gasteiger partial charge in [0.25, 0.3) is 0 Å². The van der Waals surface area contributed by atoms with E-state index in [0.29, 0.717) is 29.6 Å². The molecule has 1 atom stereocenters. The van der Waals surface area contributed by atoms with Crippen LogP contribution in [0.3, 0.4) is 0 Å². The third-order valence-electron chi connectivity index (χ3n) is 3.29. The minimum absolute atomic E-state index is 0.329. The van der Waals surface area contributed by atoms with E-state index in [0.717, 1.165) is 11.3 Å². The lowest BCUT2D eigenvalue weighted by atomic mass is 9.95. The van der Waals surface area contributed by atoms with Crippen LogP contribution in [0, 0.1) is 0 Å². The molecule has 1 aromatic rings. The quantitative estimate of drug-likeness (QED) is 0.642. The van der Waals surface area contributed by atoms with Gasteiger partial charge in [-0.1, -0.05) is 12.1 Å². The van der Waals surface area contributed by atoms with Gasteiger partial charge >= 0.3 is 5.97 Å². The molecule has 1 heterocycles. The topological polar surface area (TPSA) is 59.6 Å². The van der Waals surface area contributed by atoms with Gasteiger partial charge in [-0.15, -0.1) is 0 Å². The molecule has 0 fully saturated rings. The molecule has 0 saturated carbocycles. The fourth-order valence-corrected chi connectivity index (χ4v) is 2.62. The van der Waals surface area contributed by atoms with Gasteiger partial charge in [0.1, 0.15) is 5.75 Å². The van der Waals surface area contributed by atoms with Crippen LogP contribution in [-0.4, -0.2) is 24.3 Å². The predicted molar refractivity (Wildman–Crippen MR) is 88.6 cm³/mol. The molecule has 1 aromatic carbocycles. The molecule has 0 aliphatic carbocycles. The molecule has 2 N–H and O–H groups in total. The van der Waals surface area contributed by atoms with Crippen LogP contribution in [0.2, 0.25) is 0 Å². The van der Waals surface area contributed by atoms with Gasteiger partial charge in [0.15, 0.2) is 5.11 Å². The maximum atomic E-state index is 12.2. The highest BCUT2D eigenvalue weighted by molar-refractivity contribution is 7.80. The molecule has 1 aliphatic heterocycles. The van der Waals surface area contributed by atoms with Crippen molar-refractivity contribution in [3.63, 3.8) is 0 Å². The molecule has 1 aliphatic rings. The second kappa shape index (κ2) is 7.26. The number of esters is 1. The Bertz CT molecular complexity index is 596. The lowest BCUT2D eigenvalue weighted by Gasteiger charge is -2.29. The van der Waals surface area contributed by atoms with E-state index in [1.165, 1.54) is 0 Å². The predicted octanol–water partition coefficient (Wildman–Crippen LogP) is 2.44. The summed E-state index contributed by atoms with van der Waals surface area (Å²) in [5.41, 5.74) is 2.18. The van der Waals surface area contributed by atoms with Crippen molar-refractivity contribution in [3.8, 4) is 5.75 Å². The first-order valence-corrected chi connectivity index (χ1v) is 7.65. The van der Waals surface area contributed by atoms with Gasteiger partial charge in [0.2, 0.25) is 0 Å². The number of hydrogen-bond acceptors (Lipinski definition) is 4. The highest BCUT2D eigenvalue weighted by atomic mass is 32.1. The van der Waals surface area contributed by atoms with Crippen LogP contribution in [0.15, 0.2) is 35.5 Å². The van der Waals surface area contributed by atoms with E-state index in [2.05, 4.69) is 10.6 Å². The molecule has 0 radical (unpaired) electrons. The zero-order chi connectivity index (χ0) is 16.1. The Hall–Kier alpha value is -2.08. The number of rotatable bonds is 5. The van der Waals surface area contributed by atoms with Gasteiger partial charge in [-0.2, -0.15) is 0 Å². The molecule has 2 rings (SSSR count). The van der Waals surface area contributed by atoms with Crippen molar-refractivity contribution in [2.75, 3.05) is 13.2 Å². The van der Waals surface area contributed by atoms with Crippen LogP contribution in [0.5, 0.6) is 5.75 Å². The molecule has 22 heavy (non-hydrogen) atoms. The van der Waals surface area contributed by atoms with Crippen molar-refractivity contribution in [2.24, 2.45) is 0 Å². The molecule has 0 saturated heterocycles. The Balaban J connectivity index is 2.34. The van der Waals surface area contributed by atoms with E-state index in [1.807, 2.05) is 38.1 Å². The first kappa shape index (κ1) is 16.3. The van der Waals surface area contributed by atoms with Crippen molar-refractivity contribution in [1.82, 2.24) is 10.6 Å². The van der Waals surface area contributed by atoms with E-state index in [9.17, 15) is 4.79 Å². The fraction of sp³-hybridized carbons (Fsp3) is 0.375.